The van der Waals surface area contributed by atoms with Gasteiger partial charge >= 0.3 is 0 Å². The van der Waals surface area contributed by atoms with Crippen LogP contribution < -0.4 is 0 Å². The molecule has 0 unspecified atom stereocenters. The molecule has 1 aromatic heterocycles. The molecule has 0 aliphatic carbocycles. The Bertz CT molecular complexity index is 174. The lowest BCUT2D eigenvalue weighted by Crippen LogP contribution is -1.78. The predicted octanol–water partition coefficient (Wildman–Crippen LogP) is 2.40. The monoisotopic (exact) mass is 152 g/mol. The van der Waals surface area contributed by atoms with Gasteiger partial charge in [0, 0.05) is 6.20 Å². The maximum absolute atomic E-state index is 4.15. The normalized spacial score (nSPS) is 9.70. The Hall–Kier alpha value is -0.500. The number of nitrogens with zero attached hydrogens (tertiary/aromatic N) is 1. The summed E-state index contributed by atoms with van der Waals surface area (Å²) in [5.41, 5.74) is 0. The van der Waals surface area contributed by atoms with E-state index in [1.165, 1.54) is 0 Å². The minimum atomic E-state index is 0.960. The van der Waals surface area contributed by atoms with Crippen molar-refractivity contribution in [1.29, 1.82) is 0 Å². The highest BCUT2D eigenvalue weighted by atomic mass is 32.2. The Morgan fingerprint density at radius 3 is 3.00 bits per heavy atom. The fourth-order valence-corrected chi connectivity index (χ4v) is 1.27. The van der Waals surface area contributed by atoms with Crippen molar-refractivity contribution in [3.63, 3.8) is 0 Å². The van der Waals surface area contributed by atoms with Gasteiger partial charge in [-0.25, -0.2) is 4.98 Å². The van der Waals surface area contributed by atoms with Crippen LogP contribution in [-0.4, -0.2) is 10.7 Å². The molecule has 1 heterocycles. The molecule has 0 N–H and O–H groups in total. The van der Waals surface area contributed by atoms with Crippen molar-refractivity contribution in [3.05, 3.63) is 31.3 Å². The van der Waals surface area contributed by atoms with Crippen molar-refractivity contribution >= 4 is 11.8 Å². The molecule has 53 valence electrons. The molecule has 1 aromatic rings. The average molecular weight is 152 g/mol. The molecule has 0 fully saturated rings. The Balaban J connectivity index is 2.43. The van der Waals surface area contributed by atoms with Crippen molar-refractivity contribution in [2.75, 3.05) is 5.75 Å². The van der Waals surface area contributed by atoms with E-state index in [0.717, 1.165) is 17.2 Å². The van der Waals surface area contributed by atoms with Crippen LogP contribution >= 0.6 is 11.8 Å². The number of rotatable bonds is 3. The van der Waals surface area contributed by atoms with E-state index in [9.17, 15) is 0 Å². The Morgan fingerprint density at radius 1 is 1.50 bits per heavy atom. The molecule has 0 bridgehead atoms. The largest absolute Gasteiger partial charge is 0.250 e. The standard InChI is InChI=1S/C8H10NS/c1-2-7-10-8-5-3-4-6-9-8/h3-6H,1-2,7H2. The summed E-state index contributed by atoms with van der Waals surface area (Å²) in [6, 6.07) is 5.94. The summed E-state index contributed by atoms with van der Waals surface area (Å²) in [4.78, 5) is 4.15. The Kier molecular flexibility index (Phi) is 3.30. The lowest BCUT2D eigenvalue weighted by molar-refractivity contribution is 1.12. The van der Waals surface area contributed by atoms with Gasteiger partial charge in [-0.2, -0.15) is 0 Å². The molecular formula is C8H10NS. The number of thioether (sulfide) groups is 1. The molecule has 0 aliphatic heterocycles. The van der Waals surface area contributed by atoms with E-state index < -0.39 is 0 Å². The molecular weight excluding hydrogens is 142 g/mol. The smallest absolute Gasteiger partial charge is 0.0959 e. The summed E-state index contributed by atoms with van der Waals surface area (Å²) >= 11 is 1.75. The summed E-state index contributed by atoms with van der Waals surface area (Å²) in [7, 11) is 0. The topological polar surface area (TPSA) is 12.9 Å². The van der Waals surface area contributed by atoms with Gasteiger partial charge in [0.05, 0.1) is 5.03 Å². The van der Waals surface area contributed by atoms with Gasteiger partial charge in [0.2, 0.25) is 0 Å². The quantitative estimate of drug-likeness (QED) is 0.617. The van der Waals surface area contributed by atoms with Crippen molar-refractivity contribution in [1.82, 2.24) is 4.98 Å². The second kappa shape index (κ2) is 4.34. The molecule has 0 aromatic carbocycles. The van der Waals surface area contributed by atoms with Gasteiger partial charge < -0.3 is 0 Å². The van der Waals surface area contributed by atoms with E-state index in [2.05, 4.69) is 11.9 Å². The van der Waals surface area contributed by atoms with Crippen molar-refractivity contribution in [2.24, 2.45) is 0 Å². The van der Waals surface area contributed by atoms with Crippen LogP contribution in [-0.2, 0) is 0 Å². The third kappa shape index (κ3) is 2.40. The molecule has 1 rings (SSSR count). The van der Waals surface area contributed by atoms with Gasteiger partial charge in [-0.15, -0.1) is 11.8 Å². The highest BCUT2D eigenvalue weighted by Crippen LogP contribution is 2.13. The SMILES string of the molecule is [CH2]CCSc1ccccn1. The second-order valence-electron chi connectivity index (χ2n) is 1.87. The summed E-state index contributed by atoms with van der Waals surface area (Å²) in [6.07, 6.45) is 2.77. The molecule has 0 spiro atoms. The van der Waals surface area contributed by atoms with Crippen LogP contribution in [0.2, 0.25) is 0 Å². The molecule has 0 aliphatic rings. The summed E-state index contributed by atoms with van der Waals surface area (Å²) in [6.45, 7) is 3.75. The first-order chi connectivity index (χ1) is 4.93. The van der Waals surface area contributed by atoms with Crippen molar-refractivity contribution in [3.8, 4) is 0 Å². The van der Waals surface area contributed by atoms with Crippen molar-refractivity contribution in [2.45, 2.75) is 11.4 Å². The van der Waals surface area contributed by atoms with Crippen LogP contribution in [0.25, 0.3) is 0 Å². The molecule has 0 saturated heterocycles. The first kappa shape index (κ1) is 7.61. The Labute approximate surface area is 65.9 Å². The van der Waals surface area contributed by atoms with Gasteiger partial charge in [0.1, 0.15) is 0 Å². The fourth-order valence-electron chi connectivity index (χ4n) is 0.609. The molecule has 0 saturated carbocycles. The maximum Gasteiger partial charge on any atom is 0.0959 e. The summed E-state index contributed by atoms with van der Waals surface area (Å²) < 4.78 is 0. The molecule has 2 heteroatoms. The zero-order valence-electron chi connectivity index (χ0n) is 5.79. The predicted molar refractivity (Wildman–Crippen MR) is 44.9 cm³/mol. The number of pyridine rings is 1. The third-order valence-electron chi connectivity index (χ3n) is 1.03. The van der Waals surface area contributed by atoms with Crippen LogP contribution in [0.3, 0.4) is 0 Å². The first-order valence-electron chi connectivity index (χ1n) is 3.26. The van der Waals surface area contributed by atoms with Gasteiger partial charge in [-0.1, -0.05) is 13.0 Å². The van der Waals surface area contributed by atoms with Crippen LogP contribution in [0.4, 0.5) is 0 Å². The number of aromatic nitrogens is 1. The molecule has 1 radical (unpaired) electrons. The maximum atomic E-state index is 4.15. The van der Waals surface area contributed by atoms with Gasteiger partial charge in [0.15, 0.2) is 0 Å². The minimum Gasteiger partial charge on any atom is -0.250 e. The third-order valence-corrected chi connectivity index (χ3v) is 2.06. The zero-order chi connectivity index (χ0) is 7.23. The van der Waals surface area contributed by atoms with Gasteiger partial charge in [-0.3, -0.25) is 0 Å². The van der Waals surface area contributed by atoms with Crippen LogP contribution in [0, 0.1) is 6.92 Å². The fraction of sp³-hybridized carbons (Fsp3) is 0.250. The van der Waals surface area contributed by atoms with E-state index in [4.69, 9.17) is 0 Å². The lowest BCUT2D eigenvalue weighted by atomic mass is 10.5. The molecule has 10 heavy (non-hydrogen) atoms. The highest BCUT2D eigenvalue weighted by Gasteiger charge is 1.89. The Morgan fingerprint density at radius 2 is 2.40 bits per heavy atom. The average Bonchev–Trinajstić information content (AvgIpc) is 2.03. The van der Waals surface area contributed by atoms with Gasteiger partial charge in [-0.05, 0) is 24.3 Å². The van der Waals surface area contributed by atoms with E-state index in [1.807, 2.05) is 24.4 Å². The second-order valence-corrected chi connectivity index (χ2v) is 2.99. The lowest BCUT2D eigenvalue weighted by Gasteiger charge is -1.95. The number of hydrogen-bond acceptors (Lipinski definition) is 2. The molecule has 0 atom stereocenters. The van der Waals surface area contributed by atoms with Gasteiger partial charge in [0.25, 0.3) is 0 Å². The zero-order valence-corrected chi connectivity index (χ0v) is 6.60. The minimum absolute atomic E-state index is 0.960. The van der Waals surface area contributed by atoms with Crippen molar-refractivity contribution < 1.29 is 0 Å². The van der Waals surface area contributed by atoms with E-state index in [1.54, 1.807) is 11.8 Å². The summed E-state index contributed by atoms with van der Waals surface area (Å²) in [5, 5.41) is 1.09. The first-order valence-corrected chi connectivity index (χ1v) is 4.25. The van der Waals surface area contributed by atoms with Crippen LogP contribution in [0.15, 0.2) is 29.4 Å². The summed E-state index contributed by atoms with van der Waals surface area (Å²) in [5.74, 6) is 1.05. The van der Waals surface area contributed by atoms with E-state index >= 15 is 0 Å². The van der Waals surface area contributed by atoms with E-state index in [-0.39, 0.29) is 0 Å². The van der Waals surface area contributed by atoms with Crippen LogP contribution in [0.1, 0.15) is 6.42 Å². The highest BCUT2D eigenvalue weighted by molar-refractivity contribution is 7.99. The molecule has 0 amide bonds. The van der Waals surface area contributed by atoms with E-state index in [0.29, 0.717) is 0 Å². The molecule has 1 nitrogen and oxygen atoms in total. The van der Waals surface area contributed by atoms with Crippen LogP contribution in [0.5, 0.6) is 0 Å². The number of hydrogen-bond donors (Lipinski definition) is 0.